The number of ether oxygens (including phenoxy) is 1. The number of rotatable bonds is 13. The monoisotopic (exact) mass is 521 g/mol. The average molecular weight is 522 g/mol. The zero-order chi connectivity index (χ0) is 27.9. The highest BCUT2D eigenvalue weighted by molar-refractivity contribution is 5.90. The lowest BCUT2D eigenvalue weighted by Gasteiger charge is -2.29. The van der Waals surface area contributed by atoms with Crippen LogP contribution < -0.4 is 5.32 Å². The van der Waals surface area contributed by atoms with Crippen molar-refractivity contribution in [3.05, 3.63) is 94.8 Å². The van der Waals surface area contributed by atoms with Crippen LogP contribution in [0.1, 0.15) is 67.1 Å². The molecule has 0 aliphatic rings. The predicted molar refractivity (Wildman–Crippen MR) is 150 cm³/mol. The second-order valence-electron chi connectivity index (χ2n) is 10.9. The van der Waals surface area contributed by atoms with E-state index >= 15 is 0 Å². The van der Waals surface area contributed by atoms with Gasteiger partial charge in [0, 0.05) is 12.1 Å². The van der Waals surface area contributed by atoms with Crippen LogP contribution in [-0.2, 0) is 11.2 Å². The number of carboxylic acids is 1. The molecule has 3 atom stereocenters. The van der Waals surface area contributed by atoms with Crippen molar-refractivity contribution in [2.75, 3.05) is 13.2 Å². The Bertz CT molecular complexity index is 1210. The van der Waals surface area contributed by atoms with Crippen LogP contribution in [0.25, 0.3) is 11.1 Å². The van der Waals surface area contributed by atoms with E-state index in [9.17, 15) is 19.4 Å². The van der Waals surface area contributed by atoms with Crippen LogP contribution in [0.2, 0.25) is 0 Å². The van der Waals surface area contributed by atoms with Crippen LogP contribution in [0.15, 0.2) is 66.7 Å². The first-order valence-corrected chi connectivity index (χ1v) is 13.2. The molecule has 0 radical (unpaired) electrons. The Morgan fingerprint density at radius 3 is 2.39 bits per heavy atom. The van der Waals surface area contributed by atoms with E-state index in [0.717, 1.165) is 22.3 Å². The molecule has 5 nitrogen and oxygen atoms in total. The van der Waals surface area contributed by atoms with Crippen LogP contribution in [0, 0.1) is 12.7 Å². The van der Waals surface area contributed by atoms with Crippen LogP contribution in [-0.4, -0.2) is 47.1 Å². The number of hydrogen-bond acceptors (Lipinski definition) is 4. The Labute approximate surface area is 225 Å². The number of carboxylic acid groups (broad SMARTS) is 1. The maximum atomic E-state index is 14.3. The van der Waals surface area contributed by atoms with Crippen molar-refractivity contribution in [3.8, 4) is 11.1 Å². The van der Waals surface area contributed by atoms with E-state index in [4.69, 9.17) is 4.74 Å². The van der Waals surface area contributed by atoms with Crippen molar-refractivity contribution >= 4 is 5.97 Å². The number of hydrogen-bond donors (Lipinski definition) is 3. The Hall–Kier alpha value is -3.06. The van der Waals surface area contributed by atoms with Crippen LogP contribution in [0.3, 0.4) is 0 Å². The number of nitrogens with one attached hydrogen (secondary N) is 1. The van der Waals surface area contributed by atoms with Gasteiger partial charge in [-0.3, -0.25) is 0 Å². The third-order valence-corrected chi connectivity index (χ3v) is 6.84. The normalized spacial score (nSPS) is 14.2. The Morgan fingerprint density at radius 2 is 1.74 bits per heavy atom. The summed E-state index contributed by atoms with van der Waals surface area (Å²) in [7, 11) is 0. The smallest absolute Gasteiger partial charge is 0.335 e. The van der Waals surface area contributed by atoms with Crippen LogP contribution >= 0.6 is 0 Å². The molecule has 0 bridgehead atoms. The Kier molecular flexibility index (Phi) is 10.2. The van der Waals surface area contributed by atoms with Crippen molar-refractivity contribution < 1.29 is 24.1 Å². The largest absolute Gasteiger partial charge is 0.478 e. The summed E-state index contributed by atoms with van der Waals surface area (Å²) in [4.78, 5) is 11.9. The second-order valence-corrected chi connectivity index (χ2v) is 10.9. The number of β-amino-alcohol motifs (C(OH)–C–C–N with tert-alkyl or cyclic N) is 1. The van der Waals surface area contributed by atoms with Gasteiger partial charge in [0.25, 0.3) is 0 Å². The van der Waals surface area contributed by atoms with E-state index in [2.05, 4.69) is 5.32 Å². The summed E-state index contributed by atoms with van der Waals surface area (Å²) in [5.74, 6) is -1.22. The molecule has 0 amide bonds. The molecule has 2 unspecified atom stereocenters. The zero-order valence-corrected chi connectivity index (χ0v) is 23.0. The molecule has 6 heteroatoms. The molecule has 0 saturated carbocycles. The summed E-state index contributed by atoms with van der Waals surface area (Å²) < 4.78 is 20.2. The lowest BCUT2D eigenvalue weighted by molar-refractivity contribution is -0.00816. The molecule has 0 aliphatic heterocycles. The summed E-state index contributed by atoms with van der Waals surface area (Å²) in [6.45, 7) is 10.2. The van der Waals surface area contributed by atoms with Gasteiger partial charge in [0.15, 0.2) is 0 Å². The molecule has 0 saturated heterocycles. The lowest BCUT2D eigenvalue weighted by Crippen LogP contribution is -2.46. The van der Waals surface area contributed by atoms with Gasteiger partial charge in [-0.2, -0.15) is 0 Å². The topological polar surface area (TPSA) is 78.8 Å². The zero-order valence-electron chi connectivity index (χ0n) is 23.0. The highest BCUT2D eigenvalue weighted by Gasteiger charge is 2.23. The van der Waals surface area contributed by atoms with E-state index in [1.807, 2.05) is 89.2 Å². The minimum absolute atomic E-state index is 0.0571. The van der Waals surface area contributed by atoms with Gasteiger partial charge in [-0.25, -0.2) is 9.18 Å². The van der Waals surface area contributed by atoms with Crippen molar-refractivity contribution in [3.63, 3.8) is 0 Å². The fourth-order valence-electron chi connectivity index (χ4n) is 4.73. The molecular formula is C32H40FNO4. The minimum atomic E-state index is -0.949. The van der Waals surface area contributed by atoms with Gasteiger partial charge in [-0.05, 0) is 86.4 Å². The molecular weight excluding hydrogens is 481 g/mol. The Balaban J connectivity index is 1.53. The van der Waals surface area contributed by atoms with Gasteiger partial charge < -0.3 is 20.3 Å². The van der Waals surface area contributed by atoms with Crippen molar-refractivity contribution in [2.45, 2.75) is 71.1 Å². The third kappa shape index (κ3) is 8.48. The molecule has 3 rings (SSSR count). The number of aliphatic hydroxyl groups is 1. The Morgan fingerprint density at radius 1 is 1.03 bits per heavy atom. The molecule has 0 aliphatic carbocycles. The van der Waals surface area contributed by atoms with Crippen molar-refractivity contribution in [1.29, 1.82) is 0 Å². The van der Waals surface area contributed by atoms with E-state index in [1.165, 1.54) is 6.07 Å². The molecule has 3 aromatic rings. The fraction of sp³-hybridized carbons (Fsp3) is 0.406. The minimum Gasteiger partial charge on any atom is -0.478 e. The van der Waals surface area contributed by atoms with E-state index in [1.54, 1.807) is 6.07 Å². The number of benzene rings is 3. The van der Waals surface area contributed by atoms with Crippen molar-refractivity contribution in [1.82, 2.24) is 5.32 Å². The molecule has 0 spiro atoms. The van der Waals surface area contributed by atoms with Gasteiger partial charge in [0.2, 0.25) is 0 Å². The van der Waals surface area contributed by atoms with E-state index in [-0.39, 0.29) is 24.4 Å². The van der Waals surface area contributed by atoms with Crippen LogP contribution in [0.4, 0.5) is 4.39 Å². The third-order valence-electron chi connectivity index (χ3n) is 6.84. The van der Waals surface area contributed by atoms with Gasteiger partial charge in [0.05, 0.1) is 24.4 Å². The van der Waals surface area contributed by atoms with Gasteiger partial charge in [0.1, 0.15) is 5.82 Å². The first-order chi connectivity index (χ1) is 17.9. The first kappa shape index (κ1) is 29.5. The quantitative estimate of drug-likeness (QED) is 0.244. The standard InChI is InChI=1S/C32H40FNO4/c1-21-11-12-26(30(33)15-21)18-32(4,5)34-19-27(35)20-38-23(3)16-22(2)29-17-25(13-14-28(29)31(36)37)24-9-7-6-8-10-24/h6-15,17,22-23,27,34-35H,16,18-20H2,1-5H3,(H,36,37)/t22?,23?,27-/m1/s1. The first-order valence-electron chi connectivity index (χ1n) is 13.2. The predicted octanol–water partition coefficient (Wildman–Crippen LogP) is 6.37. The highest BCUT2D eigenvalue weighted by Crippen LogP contribution is 2.30. The molecule has 3 aromatic carbocycles. The van der Waals surface area contributed by atoms with Gasteiger partial charge >= 0.3 is 5.97 Å². The molecule has 0 fully saturated rings. The van der Waals surface area contributed by atoms with E-state index < -0.39 is 17.6 Å². The maximum Gasteiger partial charge on any atom is 0.335 e. The van der Waals surface area contributed by atoms with Gasteiger partial charge in [-0.15, -0.1) is 0 Å². The number of halogens is 1. The number of aryl methyl sites for hydroxylation is 1. The molecule has 0 aromatic heterocycles. The summed E-state index contributed by atoms with van der Waals surface area (Å²) in [6.07, 6.45) is 0.188. The summed E-state index contributed by atoms with van der Waals surface area (Å²) in [6, 6.07) is 20.6. The maximum absolute atomic E-state index is 14.3. The summed E-state index contributed by atoms with van der Waals surface area (Å²) in [5, 5.41) is 23.6. The van der Waals surface area contributed by atoms with Gasteiger partial charge in [-0.1, -0.05) is 61.5 Å². The molecule has 3 N–H and O–H groups in total. The fourth-order valence-corrected chi connectivity index (χ4v) is 4.73. The summed E-state index contributed by atoms with van der Waals surface area (Å²) in [5.41, 5.74) is 4.18. The highest BCUT2D eigenvalue weighted by atomic mass is 19.1. The number of aliphatic hydroxyl groups excluding tert-OH is 1. The number of aromatic carboxylic acids is 1. The average Bonchev–Trinajstić information content (AvgIpc) is 2.88. The molecule has 38 heavy (non-hydrogen) atoms. The van der Waals surface area contributed by atoms with Crippen molar-refractivity contribution in [2.24, 2.45) is 0 Å². The lowest BCUT2D eigenvalue weighted by atomic mass is 9.88. The SMILES string of the molecule is Cc1ccc(CC(C)(C)NC[C@@H](O)COC(C)CC(C)c2cc(-c3ccccc3)ccc2C(=O)O)c(F)c1. The van der Waals surface area contributed by atoms with Crippen LogP contribution in [0.5, 0.6) is 0 Å². The molecule has 204 valence electrons. The van der Waals surface area contributed by atoms with E-state index in [0.29, 0.717) is 30.5 Å². The summed E-state index contributed by atoms with van der Waals surface area (Å²) >= 11 is 0. The molecule has 0 heterocycles. The second kappa shape index (κ2) is 13.1. The number of carbonyl (C=O) groups is 1.